The summed E-state index contributed by atoms with van der Waals surface area (Å²) in [6.45, 7) is -0.872. The molecule has 3 aromatic rings. The Morgan fingerprint density at radius 3 is 2.34 bits per heavy atom. The van der Waals surface area contributed by atoms with Crippen LogP contribution in [0.4, 0.5) is 10.2 Å². The van der Waals surface area contributed by atoms with Crippen LogP contribution in [0, 0.1) is 0 Å². The molecule has 0 fully saturated rings. The summed E-state index contributed by atoms with van der Waals surface area (Å²) in [6.07, 6.45) is -4.65. The molecule has 17 heteroatoms. The first kappa shape index (κ1) is 29.1. The Morgan fingerprint density at radius 1 is 1.21 bits per heavy atom. The van der Waals surface area contributed by atoms with Gasteiger partial charge >= 0.3 is 11.9 Å². The number of fused-ring (bicyclic) bond motifs is 1. The highest BCUT2D eigenvalue weighted by molar-refractivity contribution is 7.90. The second-order valence-corrected chi connectivity index (χ2v) is 10.5. The van der Waals surface area contributed by atoms with Crippen molar-refractivity contribution in [1.29, 1.82) is 0 Å². The Hall–Kier alpha value is -3.44. The fraction of sp³-hybridized carbons (Fsp3) is 0.381. The van der Waals surface area contributed by atoms with Crippen LogP contribution in [-0.4, -0.2) is 93.0 Å². The van der Waals surface area contributed by atoms with Gasteiger partial charge in [0.25, 0.3) is 5.60 Å². The van der Waals surface area contributed by atoms with Crippen molar-refractivity contribution < 1.29 is 47.2 Å². The third-order valence-electron chi connectivity index (χ3n) is 5.64. The summed E-state index contributed by atoms with van der Waals surface area (Å²) in [5.41, 5.74) is 2.80. The highest BCUT2D eigenvalue weighted by atomic mass is 35.5. The SMILES string of the molecule is CO[C@H](COC(Cc1ccc(S(C)(=O)=O)cc1)(C(=O)O)C(=O)O)[C@@H](O)[C@H](F)n1cnc2c(N)nc(Cl)nc21. The van der Waals surface area contributed by atoms with Gasteiger partial charge in [0.15, 0.2) is 21.3 Å². The summed E-state index contributed by atoms with van der Waals surface area (Å²) in [6, 6.07) is 4.85. The van der Waals surface area contributed by atoms with E-state index in [9.17, 15) is 33.3 Å². The Bertz CT molecular complexity index is 1440. The highest BCUT2D eigenvalue weighted by Crippen LogP contribution is 2.27. The number of aliphatic carboxylic acids is 2. The molecule has 0 amide bonds. The number of imidazole rings is 1. The zero-order valence-corrected chi connectivity index (χ0v) is 21.4. The average molecular weight is 576 g/mol. The van der Waals surface area contributed by atoms with Gasteiger partial charge in [-0.3, -0.25) is 4.57 Å². The molecule has 5 N–H and O–H groups in total. The van der Waals surface area contributed by atoms with Crippen molar-refractivity contribution in [3.05, 3.63) is 41.4 Å². The van der Waals surface area contributed by atoms with Gasteiger partial charge in [-0.15, -0.1) is 0 Å². The monoisotopic (exact) mass is 575 g/mol. The normalized spacial score (nSPS) is 14.8. The predicted octanol–water partition coefficient (Wildman–Crippen LogP) is 0.477. The number of halogens is 2. The first-order chi connectivity index (χ1) is 17.7. The number of aliphatic hydroxyl groups is 1. The lowest BCUT2D eigenvalue weighted by Gasteiger charge is -2.30. The second kappa shape index (κ2) is 11.1. The van der Waals surface area contributed by atoms with Gasteiger partial charge in [-0.1, -0.05) is 12.1 Å². The number of alkyl halides is 1. The summed E-state index contributed by atoms with van der Waals surface area (Å²) in [4.78, 5) is 35.5. The summed E-state index contributed by atoms with van der Waals surface area (Å²) in [5, 5.41) is 29.9. The van der Waals surface area contributed by atoms with Crippen molar-refractivity contribution in [2.45, 2.75) is 35.4 Å². The molecule has 0 radical (unpaired) electrons. The summed E-state index contributed by atoms with van der Waals surface area (Å²) >= 11 is 5.77. The van der Waals surface area contributed by atoms with E-state index in [2.05, 4.69) is 15.0 Å². The molecule has 0 saturated carbocycles. The molecule has 0 aliphatic rings. The molecule has 1 aromatic carbocycles. The number of carbonyl (C=O) groups is 2. The molecule has 0 saturated heterocycles. The van der Waals surface area contributed by atoms with Gasteiger partial charge in [0, 0.05) is 19.8 Å². The van der Waals surface area contributed by atoms with Crippen molar-refractivity contribution in [2.75, 3.05) is 25.7 Å². The van der Waals surface area contributed by atoms with Crippen LogP contribution in [-0.2, 0) is 35.3 Å². The van der Waals surface area contributed by atoms with Gasteiger partial charge < -0.3 is 30.5 Å². The topological polar surface area (TPSA) is 217 Å². The fourth-order valence-corrected chi connectivity index (χ4v) is 4.32. The molecule has 2 heterocycles. The maximum absolute atomic E-state index is 15.3. The Kier molecular flexibility index (Phi) is 8.52. The predicted molar refractivity (Wildman–Crippen MR) is 129 cm³/mol. The van der Waals surface area contributed by atoms with E-state index in [1.807, 2.05) is 0 Å². The Labute approximate surface area is 219 Å². The molecule has 2 aromatic heterocycles. The highest BCUT2D eigenvalue weighted by Gasteiger charge is 2.49. The van der Waals surface area contributed by atoms with Crippen molar-refractivity contribution in [2.24, 2.45) is 0 Å². The molecule has 14 nitrogen and oxygen atoms in total. The third kappa shape index (κ3) is 5.83. The molecular weight excluding hydrogens is 553 g/mol. The van der Waals surface area contributed by atoms with E-state index in [1.165, 1.54) is 24.3 Å². The van der Waals surface area contributed by atoms with E-state index in [1.54, 1.807) is 0 Å². The number of nitrogens with zero attached hydrogens (tertiary/aromatic N) is 4. The molecule has 0 spiro atoms. The largest absolute Gasteiger partial charge is 0.479 e. The number of aliphatic hydroxyl groups excluding tert-OH is 1. The summed E-state index contributed by atoms with van der Waals surface area (Å²) in [7, 11) is -2.48. The Balaban J connectivity index is 1.85. The Morgan fingerprint density at radius 2 is 1.82 bits per heavy atom. The summed E-state index contributed by atoms with van der Waals surface area (Å²) < 4.78 is 49.8. The van der Waals surface area contributed by atoms with Gasteiger partial charge in [0.2, 0.25) is 11.6 Å². The second-order valence-electron chi connectivity index (χ2n) is 8.18. The molecule has 206 valence electrons. The first-order valence-corrected chi connectivity index (χ1v) is 12.9. The van der Waals surface area contributed by atoms with Gasteiger partial charge in [0.1, 0.15) is 17.7 Å². The van der Waals surface area contributed by atoms with Crippen LogP contribution in [0.3, 0.4) is 0 Å². The first-order valence-electron chi connectivity index (χ1n) is 10.6. The van der Waals surface area contributed by atoms with Crippen LogP contribution >= 0.6 is 11.6 Å². The van der Waals surface area contributed by atoms with Gasteiger partial charge in [-0.25, -0.2) is 27.4 Å². The molecule has 0 aliphatic heterocycles. The number of nitrogens with two attached hydrogens (primary N) is 1. The number of hydrogen-bond acceptors (Lipinski definition) is 11. The summed E-state index contributed by atoms with van der Waals surface area (Å²) in [5.74, 6) is -3.91. The molecule has 0 bridgehead atoms. The number of nitrogen functional groups attached to an aromatic ring is 1. The average Bonchev–Trinajstić information content (AvgIpc) is 3.26. The number of rotatable bonds is 12. The zero-order valence-electron chi connectivity index (χ0n) is 19.9. The lowest BCUT2D eigenvalue weighted by Crippen LogP contribution is -2.53. The van der Waals surface area contributed by atoms with Crippen molar-refractivity contribution in [1.82, 2.24) is 19.5 Å². The minimum atomic E-state index is -3.55. The quantitative estimate of drug-likeness (QED) is 0.171. The van der Waals surface area contributed by atoms with Crippen LogP contribution in [0.1, 0.15) is 11.9 Å². The molecule has 38 heavy (non-hydrogen) atoms. The van der Waals surface area contributed by atoms with Crippen molar-refractivity contribution in [3.8, 4) is 0 Å². The number of hydrogen-bond donors (Lipinski definition) is 4. The van der Waals surface area contributed by atoms with Gasteiger partial charge in [-0.2, -0.15) is 9.97 Å². The number of methoxy groups -OCH3 is 1. The number of anilines is 1. The molecular formula is C21H23ClFN5O9S. The number of carboxylic acid groups (broad SMARTS) is 2. The lowest BCUT2D eigenvalue weighted by atomic mass is 9.94. The van der Waals surface area contributed by atoms with E-state index in [0.717, 1.165) is 24.3 Å². The van der Waals surface area contributed by atoms with Crippen LogP contribution in [0.5, 0.6) is 0 Å². The van der Waals surface area contributed by atoms with Gasteiger partial charge in [-0.05, 0) is 29.3 Å². The minimum absolute atomic E-state index is 0.00660. The minimum Gasteiger partial charge on any atom is -0.479 e. The van der Waals surface area contributed by atoms with E-state index in [-0.39, 0.29) is 32.7 Å². The number of aromatic nitrogens is 4. The van der Waals surface area contributed by atoms with Crippen LogP contribution in [0.2, 0.25) is 5.28 Å². The van der Waals surface area contributed by atoms with E-state index < -0.39 is 58.9 Å². The molecule has 3 rings (SSSR count). The van der Waals surface area contributed by atoms with E-state index in [0.29, 0.717) is 0 Å². The van der Waals surface area contributed by atoms with Crippen molar-refractivity contribution in [3.63, 3.8) is 0 Å². The zero-order chi connectivity index (χ0) is 28.4. The van der Waals surface area contributed by atoms with Crippen LogP contribution in [0.15, 0.2) is 35.5 Å². The van der Waals surface area contributed by atoms with Crippen molar-refractivity contribution >= 4 is 50.4 Å². The molecule has 0 unspecified atom stereocenters. The number of sulfone groups is 1. The number of carboxylic acids is 2. The fourth-order valence-electron chi connectivity index (χ4n) is 3.52. The smallest absolute Gasteiger partial charge is 0.348 e. The molecule has 3 atom stereocenters. The maximum Gasteiger partial charge on any atom is 0.348 e. The number of benzene rings is 1. The van der Waals surface area contributed by atoms with Crippen LogP contribution in [0.25, 0.3) is 11.2 Å². The standard InChI is InChI=1S/C21H23ClFN5O9S/c1-36-12(14(29)15(23)28-9-25-13-16(24)26-20(22)27-17(13)28)8-37-21(18(30)31,19(32)33)7-10-3-5-11(6-4-10)38(2,34)35/h3-6,9,12,14-15,29H,7-8H2,1-2H3,(H,30,31)(H,32,33)(H2,24,26,27)/t12-,14-,15-/m1/s1. The lowest BCUT2D eigenvalue weighted by molar-refractivity contribution is -0.192. The third-order valence-corrected chi connectivity index (χ3v) is 6.94. The van der Waals surface area contributed by atoms with Crippen LogP contribution < -0.4 is 5.73 Å². The molecule has 0 aliphatic carbocycles. The van der Waals surface area contributed by atoms with Gasteiger partial charge in [0.05, 0.1) is 17.8 Å². The number of ether oxygens (including phenoxy) is 2. The maximum atomic E-state index is 15.3. The van der Waals surface area contributed by atoms with E-state index >= 15 is 4.39 Å². The van der Waals surface area contributed by atoms with E-state index in [4.69, 9.17) is 26.8 Å².